The van der Waals surface area contributed by atoms with Gasteiger partial charge in [0, 0.05) is 42.8 Å². The molecule has 1 heterocycles. The number of carbonyl (C=O) groups excluding carboxylic acids is 1. The molecule has 0 spiro atoms. The number of carbonyl (C=O) groups is 1. The minimum absolute atomic E-state index is 0.0175. The molecule has 0 atom stereocenters. The Bertz CT molecular complexity index is 785. The fourth-order valence-corrected chi connectivity index (χ4v) is 3.70. The van der Waals surface area contributed by atoms with Crippen molar-refractivity contribution in [2.45, 2.75) is 51.7 Å². The third-order valence-corrected chi connectivity index (χ3v) is 5.37. The molecule has 0 aliphatic heterocycles. The predicted molar refractivity (Wildman–Crippen MR) is 113 cm³/mol. The second-order valence-electron chi connectivity index (χ2n) is 7.15. The third-order valence-electron chi connectivity index (χ3n) is 5.37. The Morgan fingerprint density at radius 1 is 1.03 bits per heavy atom. The number of rotatable bonds is 8. The number of hydrogen-bond donors (Lipinski definition) is 1. The lowest BCUT2D eigenvalue weighted by molar-refractivity contribution is 0.0886. The maximum atomic E-state index is 12.6. The van der Waals surface area contributed by atoms with Gasteiger partial charge >= 0.3 is 0 Å². The van der Waals surface area contributed by atoms with E-state index < -0.39 is 0 Å². The number of nitrogens with one attached hydrogen (secondary N) is 1. The molecule has 29 heavy (non-hydrogen) atoms. The summed E-state index contributed by atoms with van der Waals surface area (Å²) in [6.07, 6.45) is 6.67. The number of anilines is 1. The fourth-order valence-electron chi connectivity index (χ4n) is 3.70. The molecule has 1 amide bonds. The monoisotopic (exact) mass is 398 g/mol. The van der Waals surface area contributed by atoms with E-state index >= 15 is 0 Å². The van der Waals surface area contributed by atoms with E-state index in [-0.39, 0.29) is 18.1 Å². The number of nitrogens with zero attached hydrogens (tertiary/aromatic N) is 3. The zero-order valence-electron chi connectivity index (χ0n) is 17.4. The second-order valence-corrected chi connectivity index (χ2v) is 7.15. The highest BCUT2D eigenvalue weighted by molar-refractivity contribution is 5.94. The first-order chi connectivity index (χ1) is 14.1. The summed E-state index contributed by atoms with van der Waals surface area (Å²) in [6.45, 7) is 6.16. The van der Waals surface area contributed by atoms with E-state index in [1.807, 2.05) is 24.3 Å². The highest BCUT2D eigenvalue weighted by Crippen LogP contribution is 2.27. The largest absolute Gasteiger partial charge is 0.477 e. The summed E-state index contributed by atoms with van der Waals surface area (Å²) in [4.78, 5) is 23.2. The van der Waals surface area contributed by atoms with Crippen LogP contribution in [-0.2, 0) is 0 Å². The molecule has 0 unspecified atom stereocenters. The van der Waals surface area contributed by atoms with Crippen LogP contribution in [0.3, 0.4) is 0 Å². The molecule has 1 saturated carbocycles. The molecule has 2 aromatic rings. The van der Waals surface area contributed by atoms with Gasteiger partial charge in [-0.1, -0.05) is 0 Å². The van der Waals surface area contributed by atoms with Crippen LogP contribution < -0.4 is 19.7 Å². The molecule has 1 aliphatic rings. The fraction of sp³-hybridized carbons (Fsp3) is 0.500. The van der Waals surface area contributed by atoms with Crippen molar-refractivity contribution in [3.8, 4) is 11.8 Å². The van der Waals surface area contributed by atoms with E-state index in [1.165, 1.54) is 0 Å². The SMILES string of the molecule is CCN(CC)c1ccc(C(=O)NC2CCC(Oc3nccnc3OC)CC2)cc1. The summed E-state index contributed by atoms with van der Waals surface area (Å²) < 4.78 is 11.1. The van der Waals surface area contributed by atoms with Crippen LogP contribution in [0.2, 0.25) is 0 Å². The highest BCUT2D eigenvalue weighted by atomic mass is 16.5. The minimum atomic E-state index is -0.0175. The highest BCUT2D eigenvalue weighted by Gasteiger charge is 2.25. The Labute approximate surface area is 172 Å². The lowest BCUT2D eigenvalue weighted by Crippen LogP contribution is -2.39. The van der Waals surface area contributed by atoms with Crippen molar-refractivity contribution < 1.29 is 14.3 Å². The Balaban J connectivity index is 1.49. The molecule has 3 rings (SSSR count). The summed E-state index contributed by atoms with van der Waals surface area (Å²) in [5.41, 5.74) is 1.84. The van der Waals surface area contributed by atoms with Crippen molar-refractivity contribution in [1.29, 1.82) is 0 Å². The minimum Gasteiger partial charge on any atom is -0.477 e. The van der Waals surface area contributed by atoms with Gasteiger partial charge in [0.2, 0.25) is 0 Å². The number of ether oxygens (including phenoxy) is 2. The lowest BCUT2D eigenvalue weighted by Gasteiger charge is -2.29. The van der Waals surface area contributed by atoms with Crippen LogP contribution in [0.4, 0.5) is 5.69 Å². The molecule has 1 aliphatic carbocycles. The molecule has 0 bridgehead atoms. The van der Waals surface area contributed by atoms with Crippen LogP contribution in [-0.4, -0.2) is 48.2 Å². The summed E-state index contributed by atoms with van der Waals surface area (Å²) in [5.74, 6) is 0.808. The van der Waals surface area contributed by atoms with Crippen LogP contribution in [0.5, 0.6) is 11.8 Å². The second kappa shape index (κ2) is 10.1. The van der Waals surface area contributed by atoms with Crippen molar-refractivity contribution in [1.82, 2.24) is 15.3 Å². The van der Waals surface area contributed by atoms with Gasteiger partial charge in [-0.05, 0) is 63.8 Å². The van der Waals surface area contributed by atoms with E-state index in [0.29, 0.717) is 17.3 Å². The number of hydrogen-bond acceptors (Lipinski definition) is 6. The number of benzene rings is 1. The first-order valence-corrected chi connectivity index (χ1v) is 10.3. The first kappa shape index (κ1) is 20.9. The zero-order valence-corrected chi connectivity index (χ0v) is 17.4. The topological polar surface area (TPSA) is 76.6 Å². The van der Waals surface area contributed by atoms with Crippen LogP contribution in [0.1, 0.15) is 49.9 Å². The Morgan fingerprint density at radius 2 is 1.66 bits per heavy atom. The quantitative estimate of drug-likeness (QED) is 0.734. The van der Waals surface area contributed by atoms with E-state index in [9.17, 15) is 4.79 Å². The molecular weight excluding hydrogens is 368 g/mol. The van der Waals surface area contributed by atoms with Crippen molar-refractivity contribution in [3.63, 3.8) is 0 Å². The number of methoxy groups -OCH3 is 1. The molecule has 7 nitrogen and oxygen atoms in total. The normalized spacial score (nSPS) is 18.7. The van der Waals surface area contributed by atoms with Crippen LogP contribution in [0.25, 0.3) is 0 Å². The summed E-state index contributed by atoms with van der Waals surface area (Å²) in [7, 11) is 1.55. The maximum Gasteiger partial charge on any atom is 0.278 e. The van der Waals surface area contributed by atoms with Gasteiger partial charge in [0.1, 0.15) is 6.10 Å². The lowest BCUT2D eigenvalue weighted by atomic mass is 9.92. The average Bonchev–Trinajstić information content (AvgIpc) is 2.77. The Hall–Kier alpha value is -2.83. The molecule has 1 N–H and O–H groups in total. The van der Waals surface area contributed by atoms with Crippen LogP contribution in [0.15, 0.2) is 36.7 Å². The van der Waals surface area contributed by atoms with Gasteiger partial charge < -0.3 is 19.7 Å². The summed E-state index contributed by atoms with van der Waals surface area (Å²) in [5, 5.41) is 3.16. The zero-order chi connectivity index (χ0) is 20.6. The van der Waals surface area contributed by atoms with E-state index in [4.69, 9.17) is 9.47 Å². The van der Waals surface area contributed by atoms with Crippen LogP contribution >= 0.6 is 0 Å². The van der Waals surface area contributed by atoms with Gasteiger partial charge in [-0.2, -0.15) is 0 Å². The molecule has 0 radical (unpaired) electrons. The Kier molecular flexibility index (Phi) is 7.27. The molecule has 1 fully saturated rings. The van der Waals surface area contributed by atoms with Crippen molar-refractivity contribution in [2.75, 3.05) is 25.1 Å². The summed E-state index contributed by atoms with van der Waals surface area (Å²) in [6, 6.07) is 7.99. The van der Waals surface area contributed by atoms with E-state index in [1.54, 1.807) is 19.5 Å². The van der Waals surface area contributed by atoms with Gasteiger partial charge in [0.05, 0.1) is 7.11 Å². The number of aromatic nitrogens is 2. The number of amides is 1. The third kappa shape index (κ3) is 5.37. The Morgan fingerprint density at radius 3 is 2.24 bits per heavy atom. The molecule has 0 saturated heterocycles. The summed E-state index contributed by atoms with van der Waals surface area (Å²) >= 11 is 0. The van der Waals surface area contributed by atoms with Gasteiger partial charge in [-0.25, -0.2) is 9.97 Å². The molecule has 1 aromatic carbocycles. The van der Waals surface area contributed by atoms with Gasteiger partial charge in [0.25, 0.3) is 17.7 Å². The maximum absolute atomic E-state index is 12.6. The standard InChI is InChI=1S/C22H30N4O3/c1-4-26(5-2)18-10-6-16(7-11-18)20(27)25-17-8-12-19(13-9-17)29-22-21(28-3)23-14-15-24-22/h6-7,10-11,14-15,17,19H,4-5,8-9,12-13H2,1-3H3,(H,25,27). The van der Waals surface area contributed by atoms with Crippen molar-refractivity contribution in [2.24, 2.45) is 0 Å². The molecule has 1 aromatic heterocycles. The smallest absolute Gasteiger partial charge is 0.278 e. The van der Waals surface area contributed by atoms with Crippen molar-refractivity contribution in [3.05, 3.63) is 42.2 Å². The van der Waals surface area contributed by atoms with Gasteiger partial charge in [-0.15, -0.1) is 0 Å². The molecule has 7 heteroatoms. The molecular formula is C22H30N4O3. The van der Waals surface area contributed by atoms with Crippen LogP contribution in [0, 0.1) is 0 Å². The van der Waals surface area contributed by atoms with Crippen molar-refractivity contribution >= 4 is 11.6 Å². The van der Waals surface area contributed by atoms with Gasteiger partial charge in [-0.3, -0.25) is 4.79 Å². The van der Waals surface area contributed by atoms with E-state index in [2.05, 4.69) is 34.0 Å². The van der Waals surface area contributed by atoms with E-state index in [0.717, 1.165) is 44.5 Å². The predicted octanol–water partition coefficient (Wildman–Crippen LogP) is 3.45. The average molecular weight is 399 g/mol. The molecule has 156 valence electrons. The van der Waals surface area contributed by atoms with Gasteiger partial charge in [0.15, 0.2) is 0 Å². The first-order valence-electron chi connectivity index (χ1n) is 10.3.